The third-order valence-corrected chi connectivity index (χ3v) is 2.61. The highest BCUT2D eigenvalue weighted by atomic mass is 32.1. The van der Waals surface area contributed by atoms with Crippen LogP contribution in [0.4, 0.5) is 0 Å². The van der Waals surface area contributed by atoms with Gasteiger partial charge in [0.1, 0.15) is 4.88 Å². The molecule has 0 radical (unpaired) electrons. The molecule has 0 saturated heterocycles. The highest BCUT2D eigenvalue weighted by Gasteiger charge is 2.21. The number of methoxy groups -OCH3 is 1. The van der Waals surface area contributed by atoms with Crippen molar-refractivity contribution >= 4 is 23.1 Å². The van der Waals surface area contributed by atoms with E-state index >= 15 is 0 Å². The lowest BCUT2D eigenvalue weighted by molar-refractivity contribution is 0.0602. The zero-order valence-electron chi connectivity index (χ0n) is 7.94. The number of ketones is 1. The topological polar surface area (TPSA) is 69.4 Å². The zero-order valence-corrected chi connectivity index (χ0v) is 8.76. The van der Waals surface area contributed by atoms with Gasteiger partial charge in [-0.2, -0.15) is 0 Å². The zero-order chi connectivity index (χ0) is 10.7. The number of Topliss-reactive ketones (excluding diaryl/α,β-unsaturated/α-hetero) is 1. The first kappa shape index (κ1) is 10.9. The van der Waals surface area contributed by atoms with Crippen molar-refractivity contribution < 1.29 is 14.3 Å². The van der Waals surface area contributed by atoms with Gasteiger partial charge in [0.25, 0.3) is 0 Å². The van der Waals surface area contributed by atoms with Crippen LogP contribution in [0, 0.1) is 0 Å². The predicted molar refractivity (Wildman–Crippen MR) is 53.6 cm³/mol. The fourth-order valence-corrected chi connectivity index (χ4v) is 1.81. The molecule has 4 nitrogen and oxygen atoms in total. The summed E-state index contributed by atoms with van der Waals surface area (Å²) >= 11 is 1.18. The lowest BCUT2D eigenvalue weighted by Crippen LogP contribution is -2.27. The lowest BCUT2D eigenvalue weighted by Gasteiger charge is -2.03. The van der Waals surface area contributed by atoms with Gasteiger partial charge >= 0.3 is 5.97 Å². The van der Waals surface area contributed by atoms with Crippen molar-refractivity contribution in [3.05, 3.63) is 21.9 Å². The number of rotatable bonds is 3. The average Bonchev–Trinajstić information content (AvgIpc) is 2.63. The van der Waals surface area contributed by atoms with Gasteiger partial charge in [0.15, 0.2) is 5.78 Å². The van der Waals surface area contributed by atoms with Crippen LogP contribution in [0.2, 0.25) is 0 Å². The van der Waals surface area contributed by atoms with Gasteiger partial charge in [-0.1, -0.05) is 0 Å². The quantitative estimate of drug-likeness (QED) is 0.602. The highest BCUT2D eigenvalue weighted by molar-refractivity contribution is 7.12. The number of hydrogen-bond donors (Lipinski definition) is 1. The molecule has 0 aliphatic rings. The Morgan fingerprint density at radius 1 is 1.57 bits per heavy atom. The summed E-state index contributed by atoms with van der Waals surface area (Å²) in [4.78, 5) is 23.1. The lowest BCUT2D eigenvalue weighted by atomic mass is 10.1. The Balaban J connectivity index is 3.04. The fourth-order valence-electron chi connectivity index (χ4n) is 0.999. The molecule has 76 valence electrons. The van der Waals surface area contributed by atoms with Crippen molar-refractivity contribution in [1.82, 2.24) is 0 Å². The molecular formula is C9H11NO3S. The third kappa shape index (κ3) is 2.00. The summed E-state index contributed by atoms with van der Waals surface area (Å²) in [6.07, 6.45) is 0. The van der Waals surface area contributed by atoms with E-state index in [-0.39, 0.29) is 5.78 Å². The Labute approximate surface area is 85.7 Å². The Bertz CT molecular complexity index is 357. The first-order chi connectivity index (χ1) is 6.57. The minimum absolute atomic E-state index is 0.244. The van der Waals surface area contributed by atoms with Crippen molar-refractivity contribution in [1.29, 1.82) is 0 Å². The molecule has 0 fully saturated rings. The van der Waals surface area contributed by atoms with Gasteiger partial charge in [-0.25, -0.2) is 4.79 Å². The van der Waals surface area contributed by atoms with Crippen LogP contribution in [0.5, 0.6) is 0 Å². The average molecular weight is 213 g/mol. The standard InChI is InChI=1S/C9H11NO3S/c1-5(10)7(11)6-3-4-14-8(6)9(12)13-2/h3-5H,10H2,1-2H3. The van der Waals surface area contributed by atoms with Crippen LogP contribution in [0.25, 0.3) is 0 Å². The Hall–Kier alpha value is -1.20. The van der Waals surface area contributed by atoms with Gasteiger partial charge in [-0.15, -0.1) is 11.3 Å². The summed E-state index contributed by atoms with van der Waals surface area (Å²) in [7, 11) is 1.28. The molecule has 5 heteroatoms. The van der Waals surface area contributed by atoms with Crippen LogP contribution in [-0.2, 0) is 4.74 Å². The molecule has 0 saturated carbocycles. The summed E-state index contributed by atoms with van der Waals surface area (Å²) in [5.74, 6) is -0.740. The smallest absolute Gasteiger partial charge is 0.348 e. The van der Waals surface area contributed by atoms with Crippen LogP contribution in [-0.4, -0.2) is 24.9 Å². The van der Waals surface area contributed by atoms with Crippen molar-refractivity contribution in [2.45, 2.75) is 13.0 Å². The molecule has 0 aliphatic heterocycles. The van der Waals surface area contributed by atoms with Crippen molar-refractivity contribution in [2.75, 3.05) is 7.11 Å². The first-order valence-electron chi connectivity index (χ1n) is 4.03. The number of thiophene rings is 1. The molecule has 0 bridgehead atoms. The SMILES string of the molecule is COC(=O)c1sccc1C(=O)C(C)N. The maximum Gasteiger partial charge on any atom is 0.348 e. The van der Waals surface area contributed by atoms with Crippen LogP contribution in [0.15, 0.2) is 11.4 Å². The Kier molecular flexibility index (Phi) is 3.38. The number of carbonyl (C=O) groups excluding carboxylic acids is 2. The normalized spacial score (nSPS) is 12.2. The van der Waals surface area contributed by atoms with Crippen LogP contribution in [0.1, 0.15) is 27.0 Å². The molecular weight excluding hydrogens is 202 g/mol. The van der Waals surface area contributed by atoms with Crippen LogP contribution >= 0.6 is 11.3 Å². The second kappa shape index (κ2) is 4.34. The molecule has 0 aromatic carbocycles. The van der Waals surface area contributed by atoms with Crippen molar-refractivity contribution in [3.63, 3.8) is 0 Å². The molecule has 2 N–H and O–H groups in total. The molecule has 1 atom stereocenters. The van der Waals surface area contributed by atoms with Gasteiger partial charge in [-0.05, 0) is 18.4 Å². The maximum atomic E-state index is 11.5. The Morgan fingerprint density at radius 2 is 2.21 bits per heavy atom. The van der Waals surface area contributed by atoms with Gasteiger partial charge in [0.2, 0.25) is 0 Å². The summed E-state index contributed by atoms with van der Waals surface area (Å²) < 4.78 is 4.54. The minimum Gasteiger partial charge on any atom is -0.465 e. The van der Waals surface area contributed by atoms with Crippen molar-refractivity contribution in [2.24, 2.45) is 5.73 Å². The van der Waals surface area contributed by atoms with E-state index in [1.165, 1.54) is 18.4 Å². The molecule has 1 rings (SSSR count). The largest absolute Gasteiger partial charge is 0.465 e. The van der Waals surface area contributed by atoms with E-state index in [2.05, 4.69) is 4.74 Å². The van der Waals surface area contributed by atoms with E-state index in [4.69, 9.17) is 5.73 Å². The molecule has 14 heavy (non-hydrogen) atoms. The summed E-state index contributed by atoms with van der Waals surface area (Å²) in [6.45, 7) is 1.58. The van der Waals surface area contributed by atoms with E-state index in [1.807, 2.05) is 0 Å². The molecule has 0 aliphatic carbocycles. The number of esters is 1. The monoisotopic (exact) mass is 213 g/mol. The Morgan fingerprint density at radius 3 is 2.71 bits per heavy atom. The van der Waals surface area contributed by atoms with E-state index in [1.54, 1.807) is 18.4 Å². The number of ether oxygens (including phenoxy) is 1. The van der Waals surface area contributed by atoms with E-state index in [0.29, 0.717) is 10.4 Å². The fraction of sp³-hybridized carbons (Fsp3) is 0.333. The highest BCUT2D eigenvalue weighted by Crippen LogP contribution is 2.19. The number of hydrogen-bond acceptors (Lipinski definition) is 5. The molecule has 1 aromatic heterocycles. The summed E-state index contributed by atoms with van der Waals surface area (Å²) in [5, 5.41) is 1.67. The summed E-state index contributed by atoms with van der Waals surface area (Å²) in [6, 6.07) is 0.982. The summed E-state index contributed by atoms with van der Waals surface area (Å²) in [5.41, 5.74) is 5.78. The first-order valence-corrected chi connectivity index (χ1v) is 4.91. The molecule has 1 unspecified atom stereocenters. The van der Waals surface area contributed by atoms with E-state index < -0.39 is 12.0 Å². The minimum atomic E-state index is -0.604. The van der Waals surface area contributed by atoms with E-state index in [0.717, 1.165) is 0 Å². The van der Waals surface area contributed by atoms with Gasteiger partial charge < -0.3 is 10.5 Å². The van der Waals surface area contributed by atoms with Crippen LogP contribution < -0.4 is 5.73 Å². The van der Waals surface area contributed by atoms with Gasteiger partial charge in [-0.3, -0.25) is 4.79 Å². The third-order valence-electron chi connectivity index (χ3n) is 1.72. The molecule has 0 spiro atoms. The predicted octanol–water partition coefficient (Wildman–Crippen LogP) is 1.06. The van der Waals surface area contributed by atoms with Crippen molar-refractivity contribution in [3.8, 4) is 0 Å². The van der Waals surface area contributed by atoms with Gasteiger partial charge in [0.05, 0.1) is 13.2 Å². The van der Waals surface area contributed by atoms with Gasteiger partial charge in [0, 0.05) is 5.56 Å². The molecule has 1 heterocycles. The second-order valence-electron chi connectivity index (χ2n) is 2.81. The maximum absolute atomic E-state index is 11.5. The van der Waals surface area contributed by atoms with E-state index in [9.17, 15) is 9.59 Å². The number of nitrogens with two attached hydrogens (primary N) is 1. The number of carbonyl (C=O) groups is 2. The molecule has 0 amide bonds. The van der Waals surface area contributed by atoms with Crippen LogP contribution in [0.3, 0.4) is 0 Å². The molecule has 1 aromatic rings. The second-order valence-corrected chi connectivity index (χ2v) is 3.72.